The van der Waals surface area contributed by atoms with E-state index in [1.54, 1.807) is 0 Å². The van der Waals surface area contributed by atoms with Gasteiger partial charge in [0.15, 0.2) is 0 Å². The number of nitrogens with one attached hydrogen (secondary N) is 1. The van der Waals surface area contributed by atoms with Crippen LogP contribution in [0.25, 0.3) is 0 Å². The SMILES string of the molecule is CC(C)(C)OCCN(CCOC(C)(C)C)CC(=N)C(C)(C)C. The van der Waals surface area contributed by atoms with E-state index in [9.17, 15) is 0 Å². The largest absolute Gasteiger partial charge is 0.375 e. The summed E-state index contributed by atoms with van der Waals surface area (Å²) >= 11 is 0. The van der Waals surface area contributed by atoms with Crippen LogP contribution in [0.4, 0.5) is 0 Å². The topological polar surface area (TPSA) is 45.6 Å². The van der Waals surface area contributed by atoms with Gasteiger partial charge in [-0.15, -0.1) is 0 Å². The summed E-state index contributed by atoms with van der Waals surface area (Å²) in [5.41, 5.74) is 0.420. The van der Waals surface area contributed by atoms with E-state index < -0.39 is 0 Å². The highest BCUT2D eigenvalue weighted by Gasteiger charge is 2.21. The highest BCUT2D eigenvalue weighted by Crippen LogP contribution is 2.16. The van der Waals surface area contributed by atoms with Crippen LogP contribution in [0.3, 0.4) is 0 Å². The molecule has 0 amide bonds. The van der Waals surface area contributed by atoms with Gasteiger partial charge in [0.1, 0.15) is 0 Å². The zero-order chi connectivity index (χ0) is 17.6. The Balaban J connectivity index is 4.46. The number of hydrogen-bond acceptors (Lipinski definition) is 4. The van der Waals surface area contributed by atoms with Crippen LogP contribution in [0.2, 0.25) is 0 Å². The number of nitrogens with zero attached hydrogens (tertiary/aromatic N) is 1. The van der Waals surface area contributed by atoms with Gasteiger partial charge in [0.2, 0.25) is 0 Å². The first-order chi connectivity index (χ1) is 9.71. The Bertz CT molecular complexity index is 312. The van der Waals surface area contributed by atoms with Crippen molar-refractivity contribution >= 4 is 5.71 Å². The van der Waals surface area contributed by atoms with Gasteiger partial charge in [0, 0.05) is 30.8 Å². The van der Waals surface area contributed by atoms with Crippen molar-refractivity contribution in [2.75, 3.05) is 32.8 Å². The maximum Gasteiger partial charge on any atom is 0.0600 e. The molecule has 0 unspecified atom stereocenters. The second-order valence-corrected chi connectivity index (χ2v) is 8.93. The molecule has 0 aromatic rings. The van der Waals surface area contributed by atoms with Crippen molar-refractivity contribution in [3.05, 3.63) is 0 Å². The van der Waals surface area contributed by atoms with Crippen LogP contribution in [-0.4, -0.2) is 54.7 Å². The van der Waals surface area contributed by atoms with Gasteiger partial charge in [-0.25, -0.2) is 0 Å². The number of rotatable bonds is 8. The van der Waals surface area contributed by atoms with E-state index in [2.05, 4.69) is 67.2 Å². The monoisotopic (exact) mass is 314 g/mol. The molecule has 0 saturated heterocycles. The lowest BCUT2D eigenvalue weighted by atomic mass is 9.90. The molecule has 0 aliphatic carbocycles. The van der Waals surface area contributed by atoms with Gasteiger partial charge in [-0.05, 0) is 41.5 Å². The summed E-state index contributed by atoms with van der Waals surface area (Å²) in [4.78, 5) is 2.26. The van der Waals surface area contributed by atoms with E-state index in [0.29, 0.717) is 19.8 Å². The van der Waals surface area contributed by atoms with E-state index >= 15 is 0 Å². The Hall–Kier alpha value is -0.450. The molecule has 1 N–H and O–H groups in total. The van der Waals surface area contributed by atoms with E-state index in [1.165, 1.54) is 0 Å². The maximum atomic E-state index is 8.26. The van der Waals surface area contributed by atoms with Crippen molar-refractivity contribution in [1.29, 1.82) is 5.41 Å². The van der Waals surface area contributed by atoms with Gasteiger partial charge in [-0.3, -0.25) is 4.90 Å². The molecule has 0 bridgehead atoms. The smallest absolute Gasteiger partial charge is 0.0600 e. The summed E-state index contributed by atoms with van der Waals surface area (Å²) in [6.45, 7) is 22.3. The molecule has 0 fully saturated rings. The summed E-state index contributed by atoms with van der Waals surface area (Å²) < 4.78 is 11.6. The first kappa shape index (κ1) is 21.6. The van der Waals surface area contributed by atoms with Gasteiger partial charge in [-0.1, -0.05) is 20.8 Å². The summed E-state index contributed by atoms with van der Waals surface area (Å²) in [6.07, 6.45) is 0. The van der Waals surface area contributed by atoms with Crippen LogP contribution < -0.4 is 0 Å². The van der Waals surface area contributed by atoms with Gasteiger partial charge < -0.3 is 14.9 Å². The number of hydrogen-bond donors (Lipinski definition) is 1. The molecule has 0 aromatic heterocycles. The zero-order valence-corrected chi connectivity index (χ0v) is 16.3. The van der Waals surface area contributed by atoms with Crippen molar-refractivity contribution in [2.45, 2.75) is 73.5 Å². The van der Waals surface area contributed by atoms with Crippen molar-refractivity contribution in [3.8, 4) is 0 Å². The third kappa shape index (κ3) is 12.1. The number of ether oxygens (including phenoxy) is 2. The molecular weight excluding hydrogens is 276 g/mol. The summed E-state index contributed by atoms with van der Waals surface area (Å²) in [5, 5.41) is 8.26. The molecule has 0 heterocycles. The van der Waals surface area contributed by atoms with Crippen LogP contribution in [0, 0.1) is 10.8 Å². The molecule has 132 valence electrons. The third-order valence-corrected chi connectivity index (χ3v) is 3.17. The van der Waals surface area contributed by atoms with Crippen LogP contribution in [0.1, 0.15) is 62.3 Å². The van der Waals surface area contributed by atoms with Crippen LogP contribution in [-0.2, 0) is 9.47 Å². The van der Waals surface area contributed by atoms with Gasteiger partial charge >= 0.3 is 0 Å². The summed E-state index contributed by atoms with van der Waals surface area (Å²) in [7, 11) is 0. The fourth-order valence-electron chi connectivity index (χ4n) is 1.69. The fourth-order valence-corrected chi connectivity index (χ4v) is 1.69. The van der Waals surface area contributed by atoms with Gasteiger partial charge in [-0.2, -0.15) is 0 Å². The predicted octanol–water partition coefficient (Wildman–Crippen LogP) is 3.98. The zero-order valence-electron chi connectivity index (χ0n) is 16.3. The Morgan fingerprint density at radius 3 is 1.41 bits per heavy atom. The molecule has 0 aliphatic rings. The minimum absolute atomic E-state index is 0.0893. The lowest BCUT2D eigenvalue weighted by Gasteiger charge is -2.30. The Labute approximate surface area is 138 Å². The van der Waals surface area contributed by atoms with Crippen molar-refractivity contribution in [3.63, 3.8) is 0 Å². The van der Waals surface area contributed by atoms with Crippen molar-refractivity contribution < 1.29 is 9.47 Å². The molecular formula is C18H38N2O2. The summed E-state index contributed by atoms with van der Waals surface area (Å²) in [5.74, 6) is 0. The van der Waals surface area contributed by atoms with Crippen molar-refractivity contribution in [1.82, 2.24) is 4.90 Å². The average molecular weight is 315 g/mol. The van der Waals surface area contributed by atoms with E-state index in [4.69, 9.17) is 14.9 Å². The molecule has 0 aliphatic heterocycles. The Morgan fingerprint density at radius 2 is 1.14 bits per heavy atom. The molecule has 0 aromatic carbocycles. The third-order valence-electron chi connectivity index (χ3n) is 3.17. The highest BCUT2D eigenvalue weighted by molar-refractivity contribution is 5.88. The Morgan fingerprint density at radius 1 is 0.773 bits per heavy atom. The normalized spacial score (nSPS) is 13.7. The predicted molar refractivity (Wildman–Crippen MR) is 95.0 cm³/mol. The second-order valence-electron chi connectivity index (χ2n) is 8.93. The van der Waals surface area contributed by atoms with Crippen molar-refractivity contribution in [2.24, 2.45) is 5.41 Å². The standard InChI is InChI=1S/C18H38N2O2/c1-16(2,3)15(19)14-20(10-12-21-17(4,5)6)11-13-22-18(7,8)9/h19H,10-14H2,1-9H3. The minimum atomic E-state index is -0.120. The Kier molecular flexibility index (Phi) is 8.24. The van der Waals surface area contributed by atoms with Gasteiger partial charge in [0.25, 0.3) is 0 Å². The lowest BCUT2D eigenvalue weighted by molar-refractivity contribution is -0.0283. The lowest BCUT2D eigenvalue weighted by Crippen LogP contribution is -2.40. The molecule has 0 radical (unpaired) electrons. The quantitative estimate of drug-likeness (QED) is 0.689. The first-order valence-corrected chi connectivity index (χ1v) is 8.29. The molecule has 0 atom stereocenters. The second kappa shape index (κ2) is 8.42. The molecule has 22 heavy (non-hydrogen) atoms. The molecule has 4 nitrogen and oxygen atoms in total. The molecule has 0 saturated carbocycles. The minimum Gasteiger partial charge on any atom is -0.375 e. The summed E-state index contributed by atoms with van der Waals surface area (Å²) in [6, 6.07) is 0. The maximum absolute atomic E-state index is 8.26. The van der Waals surface area contributed by atoms with Crippen LogP contribution in [0.5, 0.6) is 0 Å². The van der Waals surface area contributed by atoms with Crippen LogP contribution in [0.15, 0.2) is 0 Å². The molecule has 4 heteroatoms. The molecule has 0 spiro atoms. The van der Waals surface area contributed by atoms with Crippen LogP contribution >= 0.6 is 0 Å². The molecule has 0 rings (SSSR count). The van der Waals surface area contributed by atoms with E-state index in [-0.39, 0.29) is 16.6 Å². The van der Waals surface area contributed by atoms with E-state index in [1.807, 2.05) is 0 Å². The first-order valence-electron chi connectivity index (χ1n) is 8.29. The fraction of sp³-hybridized carbons (Fsp3) is 0.944. The average Bonchev–Trinajstić information content (AvgIpc) is 2.23. The van der Waals surface area contributed by atoms with Gasteiger partial charge in [0.05, 0.1) is 24.4 Å². The van der Waals surface area contributed by atoms with E-state index in [0.717, 1.165) is 18.8 Å². The highest BCUT2D eigenvalue weighted by atomic mass is 16.5.